The Morgan fingerprint density at radius 2 is 1.70 bits per heavy atom. The fourth-order valence-electron chi connectivity index (χ4n) is 8.60. The zero-order valence-corrected chi connectivity index (χ0v) is 26.4. The van der Waals surface area contributed by atoms with Gasteiger partial charge >= 0.3 is 5.97 Å². The molecule has 4 aliphatic rings. The monoisotopic (exact) mass is 570 g/mol. The van der Waals surface area contributed by atoms with Gasteiger partial charge in [-0.05, 0) is 62.2 Å². The average Bonchev–Trinajstić information content (AvgIpc) is 2.86. The van der Waals surface area contributed by atoms with Crippen LogP contribution < -0.4 is 0 Å². The molecule has 2 saturated carbocycles. The van der Waals surface area contributed by atoms with E-state index in [9.17, 15) is 19.8 Å². The molecule has 5 rings (SSSR count). The van der Waals surface area contributed by atoms with Crippen LogP contribution in [0.25, 0.3) is 0 Å². The van der Waals surface area contributed by atoms with Gasteiger partial charge < -0.3 is 24.1 Å². The maximum Gasteiger partial charge on any atom is 0.338 e. The number of rotatable bonds is 4. The number of ketones is 1. The molecule has 0 aromatic heterocycles. The molecule has 40 heavy (non-hydrogen) atoms. The molecule has 2 unspecified atom stereocenters. The minimum Gasteiger partial charge on any atom is -0.455 e. The number of aliphatic hydroxyl groups is 2. The second kappa shape index (κ2) is 9.33. The normalized spacial score (nSPS) is 42.6. The highest BCUT2D eigenvalue weighted by molar-refractivity contribution is 6.69. The van der Waals surface area contributed by atoms with Crippen LogP contribution >= 0.6 is 0 Å². The zero-order valence-electron chi connectivity index (χ0n) is 25.4. The summed E-state index contributed by atoms with van der Waals surface area (Å²) < 4.78 is 18.9. The maximum atomic E-state index is 14.8. The minimum atomic E-state index is -2.08. The first-order valence-corrected chi connectivity index (χ1v) is 18.1. The molecule has 8 heteroatoms. The third kappa shape index (κ3) is 4.04. The van der Waals surface area contributed by atoms with Gasteiger partial charge in [-0.25, -0.2) is 4.79 Å². The Kier molecular flexibility index (Phi) is 6.91. The molecule has 2 N–H and O–H groups in total. The molecule has 7 nitrogen and oxygen atoms in total. The van der Waals surface area contributed by atoms with Crippen molar-refractivity contribution in [3.63, 3.8) is 0 Å². The van der Waals surface area contributed by atoms with Crippen molar-refractivity contribution in [3.8, 4) is 0 Å². The van der Waals surface area contributed by atoms with E-state index in [1.807, 2.05) is 47.6 Å². The molecule has 3 fully saturated rings. The Hall–Kier alpha value is -1.84. The fraction of sp³-hybridized carbons (Fsp3) is 0.688. The van der Waals surface area contributed by atoms with E-state index in [-0.39, 0.29) is 24.7 Å². The number of hydrogen-bond acceptors (Lipinski definition) is 7. The van der Waals surface area contributed by atoms with Crippen molar-refractivity contribution < 1.29 is 33.7 Å². The molecular formula is C32H46O7Si. The lowest BCUT2D eigenvalue weighted by Crippen LogP contribution is -2.79. The Balaban J connectivity index is 1.78. The lowest BCUT2D eigenvalue weighted by molar-refractivity contribution is -0.337. The smallest absolute Gasteiger partial charge is 0.338 e. The second-order valence-electron chi connectivity index (χ2n) is 14.5. The number of Topliss-reactive ketones (excluding diaryl/α,β-unsaturated/α-hetero) is 1. The molecule has 1 aromatic rings. The number of esters is 1. The summed E-state index contributed by atoms with van der Waals surface area (Å²) in [5, 5.41) is 25.4. The highest BCUT2D eigenvalue weighted by atomic mass is 28.4. The van der Waals surface area contributed by atoms with Crippen LogP contribution in [0.15, 0.2) is 41.5 Å². The maximum absolute atomic E-state index is 14.8. The summed E-state index contributed by atoms with van der Waals surface area (Å²) in [4.78, 5) is 28.5. The fourth-order valence-corrected chi connectivity index (χ4v) is 9.71. The van der Waals surface area contributed by atoms with E-state index in [1.165, 1.54) is 0 Å². The first-order chi connectivity index (χ1) is 18.4. The van der Waals surface area contributed by atoms with E-state index in [2.05, 4.69) is 19.6 Å². The lowest BCUT2D eigenvalue weighted by Gasteiger charge is -2.67. The predicted octanol–water partition coefficient (Wildman–Crippen LogP) is 4.92. The summed E-state index contributed by atoms with van der Waals surface area (Å²) in [5.41, 5.74) is -2.91. The molecule has 1 heterocycles. The second-order valence-corrected chi connectivity index (χ2v) is 19.0. The van der Waals surface area contributed by atoms with Crippen molar-refractivity contribution in [3.05, 3.63) is 47.0 Å². The standard InChI is InChI=1S/C32H46O7Si/c1-18-15-23-31(35,17-37-23)25-27(38-28(34)21-13-11-10-12-14-21)32(36)16-22(39-40(7,8)9)19(2)24(29(32,4)5)20(3)26(33)30(18,25)6/h10-14,18,20,22-23,25,27,35-36H,15-17H2,1-9H3/t18-,20+,22-,23+,25?,27?,30+,31-,32+/m0/s1. The van der Waals surface area contributed by atoms with Crippen LogP contribution in [0.4, 0.5) is 0 Å². The van der Waals surface area contributed by atoms with Gasteiger partial charge in [0.05, 0.1) is 24.4 Å². The van der Waals surface area contributed by atoms with Crippen molar-refractivity contribution in [2.45, 2.75) is 104 Å². The van der Waals surface area contributed by atoms with E-state index >= 15 is 0 Å². The molecule has 0 radical (unpaired) electrons. The first-order valence-electron chi connectivity index (χ1n) is 14.6. The summed E-state index contributed by atoms with van der Waals surface area (Å²) in [6.45, 7) is 18.1. The predicted molar refractivity (Wildman–Crippen MR) is 154 cm³/mol. The van der Waals surface area contributed by atoms with Gasteiger partial charge in [-0.2, -0.15) is 0 Å². The average molecular weight is 571 g/mol. The van der Waals surface area contributed by atoms with Gasteiger partial charge in [-0.1, -0.05) is 52.8 Å². The van der Waals surface area contributed by atoms with Crippen LogP contribution in [0.2, 0.25) is 19.6 Å². The van der Waals surface area contributed by atoms with Crippen LogP contribution in [0.3, 0.4) is 0 Å². The quantitative estimate of drug-likeness (QED) is 0.301. The van der Waals surface area contributed by atoms with Gasteiger partial charge in [-0.15, -0.1) is 0 Å². The van der Waals surface area contributed by atoms with Crippen molar-refractivity contribution >= 4 is 20.1 Å². The van der Waals surface area contributed by atoms with Crippen LogP contribution in [0.5, 0.6) is 0 Å². The van der Waals surface area contributed by atoms with Crippen LogP contribution in [0.1, 0.15) is 64.7 Å². The highest BCUT2D eigenvalue weighted by Crippen LogP contribution is 2.65. The Morgan fingerprint density at radius 1 is 1.07 bits per heavy atom. The number of benzene rings is 1. The summed E-state index contributed by atoms with van der Waals surface area (Å²) in [5.74, 6) is -2.15. The molecule has 1 aromatic carbocycles. The van der Waals surface area contributed by atoms with Gasteiger partial charge in [0.15, 0.2) is 8.32 Å². The van der Waals surface area contributed by atoms with Crippen molar-refractivity contribution in [2.75, 3.05) is 6.61 Å². The van der Waals surface area contributed by atoms with Crippen LogP contribution in [0, 0.1) is 28.6 Å². The van der Waals surface area contributed by atoms with E-state index < -0.39 is 66.5 Å². The van der Waals surface area contributed by atoms with Gasteiger partial charge in [0.25, 0.3) is 0 Å². The third-order valence-corrected chi connectivity index (χ3v) is 11.9. The van der Waals surface area contributed by atoms with Crippen molar-refractivity contribution in [1.82, 2.24) is 0 Å². The first kappa shape index (κ1) is 29.6. The van der Waals surface area contributed by atoms with Gasteiger partial charge in [0.1, 0.15) is 23.1 Å². The SMILES string of the molecule is CC1=C2[C@@H](C)C(=O)[C@@]3(C)C(C(OC(=O)c4ccccc4)[C@](O)(C[C@@H]1O[Si](C)(C)C)C2(C)C)[C@]1(O)CO[C@@H]1C[C@@H]3C. The Morgan fingerprint density at radius 3 is 2.25 bits per heavy atom. The van der Waals surface area contributed by atoms with Crippen molar-refractivity contribution in [2.24, 2.45) is 28.6 Å². The molecular weight excluding hydrogens is 524 g/mol. The lowest BCUT2D eigenvalue weighted by atomic mass is 9.42. The largest absolute Gasteiger partial charge is 0.455 e. The zero-order chi connectivity index (χ0) is 29.6. The molecule has 9 atom stereocenters. The van der Waals surface area contributed by atoms with E-state index in [0.29, 0.717) is 12.0 Å². The topological polar surface area (TPSA) is 102 Å². The molecule has 1 aliphatic heterocycles. The number of carbonyl (C=O) groups is 2. The number of ether oxygens (including phenoxy) is 2. The van der Waals surface area contributed by atoms with Gasteiger partial charge in [0.2, 0.25) is 0 Å². The minimum absolute atomic E-state index is 0.00247. The van der Waals surface area contributed by atoms with Gasteiger partial charge in [0, 0.05) is 29.1 Å². The molecule has 3 aliphatic carbocycles. The number of carbonyl (C=O) groups excluding carboxylic acids is 2. The summed E-state index contributed by atoms with van der Waals surface area (Å²) in [7, 11) is -2.08. The molecule has 0 amide bonds. The summed E-state index contributed by atoms with van der Waals surface area (Å²) in [6.07, 6.45) is -1.42. The molecule has 2 bridgehead atoms. The third-order valence-electron chi connectivity index (χ3n) is 10.9. The Bertz CT molecular complexity index is 1240. The number of fused-ring (bicyclic) bond motifs is 5. The summed E-state index contributed by atoms with van der Waals surface area (Å²) in [6, 6.07) is 8.69. The number of hydrogen-bond donors (Lipinski definition) is 2. The Labute approximate surface area is 239 Å². The molecule has 220 valence electrons. The van der Waals surface area contributed by atoms with Crippen LogP contribution in [-0.2, 0) is 18.7 Å². The van der Waals surface area contributed by atoms with Gasteiger partial charge in [-0.3, -0.25) is 4.79 Å². The van der Waals surface area contributed by atoms with E-state index in [1.54, 1.807) is 24.3 Å². The van der Waals surface area contributed by atoms with E-state index in [0.717, 1.165) is 11.1 Å². The highest BCUT2D eigenvalue weighted by Gasteiger charge is 2.75. The summed E-state index contributed by atoms with van der Waals surface area (Å²) >= 11 is 0. The van der Waals surface area contributed by atoms with Crippen LogP contribution in [-0.4, -0.2) is 66.4 Å². The molecule has 1 saturated heterocycles. The molecule has 0 spiro atoms. The van der Waals surface area contributed by atoms with Crippen molar-refractivity contribution in [1.29, 1.82) is 0 Å². The van der Waals surface area contributed by atoms with E-state index in [4.69, 9.17) is 13.9 Å².